The van der Waals surface area contributed by atoms with Crippen molar-refractivity contribution in [2.45, 2.75) is 33.1 Å². The second-order valence-electron chi connectivity index (χ2n) is 2.56. The molecule has 0 aromatic heterocycles. The van der Waals surface area contributed by atoms with E-state index >= 15 is 0 Å². The van der Waals surface area contributed by atoms with Gasteiger partial charge in [-0.05, 0) is 26.7 Å². The Labute approximate surface area is 68.2 Å². The Morgan fingerprint density at radius 1 is 1.45 bits per heavy atom. The fraction of sp³-hybridized carbons (Fsp3) is 0.667. The molecule has 0 aromatic carbocycles. The Hall–Kier alpha value is -0.790. The zero-order valence-corrected chi connectivity index (χ0v) is 7.52. The SMILES string of the molecule is C/C=C(/C)CCCC(=O)OC. The lowest BCUT2D eigenvalue weighted by Gasteiger charge is -1.99. The van der Waals surface area contributed by atoms with Gasteiger partial charge in [-0.25, -0.2) is 0 Å². The van der Waals surface area contributed by atoms with Gasteiger partial charge in [-0.1, -0.05) is 11.6 Å². The first-order valence-corrected chi connectivity index (χ1v) is 3.89. The van der Waals surface area contributed by atoms with Crippen LogP contribution < -0.4 is 0 Å². The van der Waals surface area contributed by atoms with E-state index in [-0.39, 0.29) is 5.97 Å². The highest BCUT2D eigenvalue weighted by Gasteiger charge is 1.98. The molecular weight excluding hydrogens is 140 g/mol. The average Bonchev–Trinajstić information content (AvgIpc) is 2.04. The number of esters is 1. The molecule has 0 amide bonds. The van der Waals surface area contributed by atoms with Crippen LogP contribution in [0.2, 0.25) is 0 Å². The summed E-state index contributed by atoms with van der Waals surface area (Å²) < 4.78 is 4.51. The van der Waals surface area contributed by atoms with Crippen molar-refractivity contribution in [2.75, 3.05) is 7.11 Å². The molecule has 0 saturated carbocycles. The maximum atomic E-state index is 10.6. The first-order valence-electron chi connectivity index (χ1n) is 3.89. The quantitative estimate of drug-likeness (QED) is 0.461. The molecule has 2 heteroatoms. The Morgan fingerprint density at radius 2 is 2.09 bits per heavy atom. The van der Waals surface area contributed by atoms with E-state index in [0.29, 0.717) is 6.42 Å². The molecule has 0 radical (unpaired) electrons. The fourth-order valence-corrected chi connectivity index (χ4v) is 0.758. The highest BCUT2D eigenvalue weighted by molar-refractivity contribution is 5.69. The standard InChI is InChI=1S/C9H16O2/c1-4-8(2)6-5-7-9(10)11-3/h4H,5-7H2,1-3H3/b8-4-. The largest absolute Gasteiger partial charge is 0.469 e. The molecule has 0 aliphatic carbocycles. The lowest BCUT2D eigenvalue weighted by molar-refractivity contribution is -0.140. The first-order chi connectivity index (χ1) is 5.20. The predicted octanol–water partition coefficient (Wildman–Crippen LogP) is 2.30. The lowest BCUT2D eigenvalue weighted by atomic mass is 10.1. The van der Waals surface area contributed by atoms with Crippen molar-refractivity contribution in [3.8, 4) is 0 Å². The molecule has 0 fully saturated rings. The molecule has 2 nitrogen and oxygen atoms in total. The van der Waals surface area contributed by atoms with Crippen molar-refractivity contribution in [2.24, 2.45) is 0 Å². The Balaban J connectivity index is 3.35. The summed E-state index contributed by atoms with van der Waals surface area (Å²) in [6.45, 7) is 4.07. The molecule has 0 saturated heterocycles. The third-order valence-electron chi connectivity index (χ3n) is 1.67. The number of ether oxygens (including phenoxy) is 1. The lowest BCUT2D eigenvalue weighted by Crippen LogP contribution is -1.99. The van der Waals surface area contributed by atoms with Gasteiger partial charge in [0.1, 0.15) is 0 Å². The Bertz CT molecular complexity index is 148. The predicted molar refractivity (Wildman–Crippen MR) is 45.3 cm³/mol. The maximum absolute atomic E-state index is 10.6. The normalized spacial score (nSPS) is 11.4. The van der Waals surface area contributed by atoms with Crippen LogP contribution in [-0.4, -0.2) is 13.1 Å². The average molecular weight is 156 g/mol. The molecule has 0 bridgehead atoms. The molecule has 0 spiro atoms. The molecule has 0 aliphatic heterocycles. The number of allylic oxidation sites excluding steroid dienone is 2. The van der Waals surface area contributed by atoms with Gasteiger partial charge in [0.25, 0.3) is 0 Å². The number of carbonyl (C=O) groups excluding carboxylic acids is 1. The van der Waals surface area contributed by atoms with E-state index < -0.39 is 0 Å². The molecule has 0 aromatic rings. The highest BCUT2D eigenvalue weighted by atomic mass is 16.5. The van der Waals surface area contributed by atoms with Crippen LogP contribution in [0.4, 0.5) is 0 Å². The second kappa shape index (κ2) is 5.96. The second-order valence-corrected chi connectivity index (χ2v) is 2.56. The summed E-state index contributed by atoms with van der Waals surface area (Å²) in [6, 6.07) is 0. The van der Waals surface area contributed by atoms with Crippen molar-refractivity contribution < 1.29 is 9.53 Å². The van der Waals surface area contributed by atoms with Crippen LogP contribution in [0.25, 0.3) is 0 Å². The van der Waals surface area contributed by atoms with Gasteiger partial charge in [0.05, 0.1) is 7.11 Å². The molecule has 11 heavy (non-hydrogen) atoms. The third kappa shape index (κ3) is 5.64. The van der Waals surface area contributed by atoms with Crippen molar-refractivity contribution in [1.29, 1.82) is 0 Å². The number of hydrogen-bond donors (Lipinski definition) is 0. The van der Waals surface area contributed by atoms with Gasteiger partial charge < -0.3 is 4.74 Å². The van der Waals surface area contributed by atoms with Crippen LogP contribution in [0.15, 0.2) is 11.6 Å². The van der Waals surface area contributed by atoms with E-state index in [9.17, 15) is 4.79 Å². The number of methoxy groups -OCH3 is 1. The molecule has 0 unspecified atom stereocenters. The van der Waals surface area contributed by atoms with Crippen LogP contribution in [0.1, 0.15) is 33.1 Å². The number of carbonyl (C=O) groups is 1. The zero-order chi connectivity index (χ0) is 8.69. The monoisotopic (exact) mass is 156 g/mol. The van der Waals surface area contributed by atoms with Crippen molar-refractivity contribution in [1.82, 2.24) is 0 Å². The highest BCUT2D eigenvalue weighted by Crippen LogP contribution is 2.05. The van der Waals surface area contributed by atoms with Crippen LogP contribution in [0.3, 0.4) is 0 Å². The first kappa shape index (κ1) is 10.2. The molecule has 64 valence electrons. The summed E-state index contributed by atoms with van der Waals surface area (Å²) >= 11 is 0. The summed E-state index contributed by atoms with van der Waals surface area (Å²) in [7, 11) is 1.42. The van der Waals surface area contributed by atoms with Gasteiger partial charge in [-0.15, -0.1) is 0 Å². The van der Waals surface area contributed by atoms with E-state index in [2.05, 4.69) is 17.7 Å². The van der Waals surface area contributed by atoms with Crippen molar-refractivity contribution in [3.05, 3.63) is 11.6 Å². The van der Waals surface area contributed by atoms with Gasteiger partial charge in [0, 0.05) is 6.42 Å². The number of hydrogen-bond acceptors (Lipinski definition) is 2. The minimum absolute atomic E-state index is 0.117. The van der Waals surface area contributed by atoms with Crippen molar-refractivity contribution in [3.63, 3.8) is 0 Å². The Morgan fingerprint density at radius 3 is 2.55 bits per heavy atom. The van der Waals surface area contributed by atoms with E-state index in [1.165, 1.54) is 12.7 Å². The molecule has 0 atom stereocenters. The van der Waals surface area contributed by atoms with Crippen LogP contribution in [0, 0.1) is 0 Å². The molecule has 0 aliphatic rings. The van der Waals surface area contributed by atoms with E-state index in [1.807, 2.05) is 6.92 Å². The third-order valence-corrected chi connectivity index (χ3v) is 1.67. The number of rotatable bonds is 4. The van der Waals surface area contributed by atoms with Gasteiger partial charge in [-0.2, -0.15) is 0 Å². The van der Waals surface area contributed by atoms with Gasteiger partial charge >= 0.3 is 5.97 Å². The molecule has 0 rings (SSSR count). The van der Waals surface area contributed by atoms with Crippen LogP contribution in [-0.2, 0) is 9.53 Å². The van der Waals surface area contributed by atoms with Crippen LogP contribution >= 0.6 is 0 Å². The van der Waals surface area contributed by atoms with E-state index in [0.717, 1.165) is 12.8 Å². The molecule has 0 heterocycles. The van der Waals surface area contributed by atoms with Crippen LogP contribution in [0.5, 0.6) is 0 Å². The minimum atomic E-state index is -0.117. The molecule has 0 N–H and O–H groups in total. The van der Waals surface area contributed by atoms with Gasteiger partial charge in [0.2, 0.25) is 0 Å². The zero-order valence-electron chi connectivity index (χ0n) is 7.52. The summed E-state index contributed by atoms with van der Waals surface area (Å²) in [5, 5.41) is 0. The van der Waals surface area contributed by atoms with E-state index in [4.69, 9.17) is 0 Å². The van der Waals surface area contributed by atoms with Gasteiger partial charge in [-0.3, -0.25) is 4.79 Å². The van der Waals surface area contributed by atoms with Gasteiger partial charge in [0.15, 0.2) is 0 Å². The van der Waals surface area contributed by atoms with E-state index in [1.54, 1.807) is 0 Å². The summed E-state index contributed by atoms with van der Waals surface area (Å²) in [5.74, 6) is -0.117. The minimum Gasteiger partial charge on any atom is -0.469 e. The smallest absolute Gasteiger partial charge is 0.305 e. The van der Waals surface area contributed by atoms with Crippen molar-refractivity contribution >= 4 is 5.97 Å². The topological polar surface area (TPSA) is 26.3 Å². The fourth-order valence-electron chi connectivity index (χ4n) is 0.758. The summed E-state index contributed by atoms with van der Waals surface area (Å²) in [6.07, 6.45) is 4.48. The maximum Gasteiger partial charge on any atom is 0.305 e. The molecular formula is C9H16O2. The summed E-state index contributed by atoms with van der Waals surface area (Å²) in [4.78, 5) is 10.6. The summed E-state index contributed by atoms with van der Waals surface area (Å²) in [5.41, 5.74) is 1.33. The Kier molecular flexibility index (Phi) is 5.53.